The number of carbonyl (C=O) groups is 2. The molecule has 1 amide bonds. The zero-order valence-electron chi connectivity index (χ0n) is 17.4. The van der Waals surface area contributed by atoms with E-state index < -0.39 is 11.9 Å². The van der Waals surface area contributed by atoms with Crippen molar-refractivity contribution in [2.75, 3.05) is 7.11 Å². The quantitative estimate of drug-likeness (QED) is 0.450. The van der Waals surface area contributed by atoms with Gasteiger partial charge in [0.15, 0.2) is 0 Å². The highest BCUT2D eigenvalue weighted by molar-refractivity contribution is 5.96. The van der Waals surface area contributed by atoms with Gasteiger partial charge in [0.05, 0.1) is 12.8 Å². The summed E-state index contributed by atoms with van der Waals surface area (Å²) in [7, 11) is 1.58. The normalized spacial score (nSPS) is 10.5. The predicted octanol–water partition coefficient (Wildman–Crippen LogP) is 4.00. The first-order chi connectivity index (χ1) is 15.5. The molecule has 7 nitrogen and oxygen atoms in total. The van der Waals surface area contributed by atoms with Crippen LogP contribution >= 0.6 is 0 Å². The van der Waals surface area contributed by atoms with Crippen molar-refractivity contribution >= 4 is 11.9 Å². The van der Waals surface area contributed by atoms with E-state index in [9.17, 15) is 9.59 Å². The lowest BCUT2D eigenvalue weighted by Crippen LogP contribution is -2.11. The van der Waals surface area contributed by atoms with E-state index in [-0.39, 0.29) is 6.61 Å². The SMILES string of the molecule is COc1cccc(-c2nn(-c3ccccc3)cc2C(=O)OCc2cccc(C(N)=O)c2)c1. The minimum atomic E-state index is -0.539. The van der Waals surface area contributed by atoms with Crippen LogP contribution in [0.3, 0.4) is 0 Å². The number of nitrogens with zero attached hydrogens (tertiary/aromatic N) is 2. The molecule has 0 unspecified atom stereocenters. The van der Waals surface area contributed by atoms with Gasteiger partial charge in [-0.1, -0.05) is 42.5 Å². The molecule has 7 heteroatoms. The first-order valence-corrected chi connectivity index (χ1v) is 9.90. The Kier molecular flexibility index (Phi) is 5.98. The summed E-state index contributed by atoms with van der Waals surface area (Å²) in [5.41, 5.74) is 8.66. The Bertz CT molecular complexity index is 1270. The lowest BCUT2D eigenvalue weighted by molar-refractivity contribution is 0.0473. The second-order valence-corrected chi connectivity index (χ2v) is 7.04. The summed E-state index contributed by atoms with van der Waals surface area (Å²) < 4.78 is 12.5. The number of para-hydroxylation sites is 1. The van der Waals surface area contributed by atoms with Crippen LogP contribution in [0.15, 0.2) is 85.1 Å². The van der Waals surface area contributed by atoms with Crippen molar-refractivity contribution in [3.8, 4) is 22.7 Å². The van der Waals surface area contributed by atoms with E-state index in [2.05, 4.69) is 5.10 Å². The van der Waals surface area contributed by atoms with Crippen LogP contribution in [0.2, 0.25) is 0 Å². The van der Waals surface area contributed by atoms with E-state index in [4.69, 9.17) is 15.2 Å². The first-order valence-electron chi connectivity index (χ1n) is 9.90. The summed E-state index contributed by atoms with van der Waals surface area (Å²) in [5, 5.41) is 4.64. The number of benzene rings is 3. The third-order valence-corrected chi connectivity index (χ3v) is 4.88. The average molecular weight is 427 g/mol. The van der Waals surface area contributed by atoms with Gasteiger partial charge in [0, 0.05) is 17.3 Å². The van der Waals surface area contributed by atoms with Gasteiger partial charge in [0.25, 0.3) is 0 Å². The lowest BCUT2D eigenvalue weighted by atomic mass is 10.1. The van der Waals surface area contributed by atoms with Gasteiger partial charge in [-0.2, -0.15) is 5.10 Å². The summed E-state index contributed by atoms with van der Waals surface area (Å²) in [6, 6.07) is 23.5. The predicted molar refractivity (Wildman–Crippen MR) is 120 cm³/mol. The van der Waals surface area contributed by atoms with E-state index >= 15 is 0 Å². The van der Waals surface area contributed by atoms with Gasteiger partial charge >= 0.3 is 5.97 Å². The van der Waals surface area contributed by atoms with Crippen molar-refractivity contribution in [2.24, 2.45) is 5.73 Å². The first kappa shape index (κ1) is 20.9. The molecule has 4 rings (SSSR count). The molecule has 0 saturated heterocycles. The Morgan fingerprint density at radius 1 is 0.969 bits per heavy atom. The second-order valence-electron chi connectivity index (χ2n) is 7.04. The second kappa shape index (κ2) is 9.18. The number of rotatable bonds is 7. The van der Waals surface area contributed by atoms with Crippen LogP contribution in [0.25, 0.3) is 16.9 Å². The number of ether oxygens (including phenoxy) is 2. The minimum absolute atomic E-state index is 0.00593. The number of esters is 1. The molecule has 2 N–H and O–H groups in total. The summed E-state index contributed by atoms with van der Waals surface area (Å²) in [6.45, 7) is -0.00593. The van der Waals surface area contributed by atoms with Gasteiger partial charge in [-0.05, 0) is 42.0 Å². The maximum Gasteiger partial charge on any atom is 0.342 e. The molecule has 1 aromatic heterocycles. The third-order valence-electron chi connectivity index (χ3n) is 4.88. The van der Waals surface area contributed by atoms with Gasteiger partial charge in [-0.15, -0.1) is 0 Å². The van der Waals surface area contributed by atoms with Gasteiger partial charge in [-0.25, -0.2) is 9.48 Å². The molecule has 0 aliphatic rings. The Labute approximate surface area is 185 Å². The molecular formula is C25H21N3O4. The standard InChI is InChI=1S/C25H21N3O4/c1-31-21-12-6-8-18(14-21)23-22(15-28(27-23)20-10-3-2-4-11-20)25(30)32-16-17-7-5-9-19(13-17)24(26)29/h2-15H,16H2,1H3,(H2,26,29). The zero-order chi connectivity index (χ0) is 22.5. The van der Waals surface area contributed by atoms with Gasteiger partial charge < -0.3 is 15.2 Å². The van der Waals surface area contributed by atoms with E-state index in [0.29, 0.717) is 28.1 Å². The highest BCUT2D eigenvalue weighted by Gasteiger charge is 2.20. The molecule has 0 spiro atoms. The van der Waals surface area contributed by atoms with Crippen LogP contribution in [0.5, 0.6) is 5.75 Å². The summed E-state index contributed by atoms with van der Waals surface area (Å²) in [5.74, 6) is -0.420. The Morgan fingerprint density at radius 3 is 2.50 bits per heavy atom. The van der Waals surface area contributed by atoms with E-state index in [1.165, 1.54) is 0 Å². The Hall–Kier alpha value is -4.39. The maximum atomic E-state index is 13.0. The van der Waals surface area contributed by atoms with E-state index in [1.807, 2.05) is 54.6 Å². The Morgan fingerprint density at radius 2 is 1.75 bits per heavy atom. The topological polar surface area (TPSA) is 96.4 Å². The number of aromatic nitrogens is 2. The molecule has 0 atom stereocenters. The van der Waals surface area contributed by atoms with Crippen molar-refractivity contribution in [1.29, 1.82) is 0 Å². The Balaban J connectivity index is 1.66. The fraction of sp³-hybridized carbons (Fsp3) is 0.0800. The fourth-order valence-electron chi connectivity index (χ4n) is 3.26. The van der Waals surface area contributed by atoms with Crippen molar-refractivity contribution in [1.82, 2.24) is 9.78 Å². The molecule has 0 bridgehead atoms. The molecular weight excluding hydrogens is 406 g/mol. The van der Waals surface area contributed by atoms with Crippen molar-refractivity contribution in [3.05, 3.63) is 102 Å². The highest BCUT2D eigenvalue weighted by atomic mass is 16.5. The lowest BCUT2D eigenvalue weighted by Gasteiger charge is -2.07. The monoisotopic (exact) mass is 427 g/mol. The zero-order valence-corrected chi connectivity index (χ0v) is 17.4. The number of methoxy groups -OCH3 is 1. The van der Waals surface area contributed by atoms with Crippen LogP contribution in [-0.2, 0) is 11.3 Å². The molecule has 0 saturated carbocycles. The van der Waals surface area contributed by atoms with Crippen molar-refractivity contribution in [2.45, 2.75) is 6.61 Å². The third kappa shape index (κ3) is 4.52. The molecule has 0 aliphatic carbocycles. The van der Waals surface area contributed by atoms with Crippen molar-refractivity contribution < 1.29 is 19.1 Å². The van der Waals surface area contributed by atoms with Crippen molar-refractivity contribution in [3.63, 3.8) is 0 Å². The summed E-state index contributed by atoms with van der Waals surface area (Å²) in [4.78, 5) is 24.4. The number of carbonyl (C=O) groups excluding carboxylic acids is 2. The molecule has 160 valence electrons. The molecule has 0 radical (unpaired) electrons. The number of nitrogens with two attached hydrogens (primary N) is 1. The maximum absolute atomic E-state index is 13.0. The molecule has 4 aromatic rings. The van der Waals surface area contributed by atoms with Crippen LogP contribution in [0.4, 0.5) is 0 Å². The smallest absolute Gasteiger partial charge is 0.342 e. The van der Waals surface area contributed by atoms with Crippen LogP contribution < -0.4 is 10.5 Å². The number of primary amides is 1. The van der Waals surface area contributed by atoms with E-state index in [0.717, 1.165) is 11.3 Å². The van der Waals surface area contributed by atoms with E-state index in [1.54, 1.807) is 42.3 Å². The van der Waals surface area contributed by atoms with Gasteiger partial charge in [0.1, 0.15) is 23.6 Å². The molecule has 0 fully saturated rings. The molecule has 3 aromatic carbocycles. The number of hydrogen-bond donors (Lipinski definition) is 1. The number of hydrogen-bond acceptors (Lipinski definition) is 5. The minimum Gasteiger partial charge on any atom is -0.497 e. The summed E-state index contributed by atoms with van der Waals surface area (Å²) >= 11 is 0. The van der Waals surface area contributed by atoms with Crippen LogP contribution in [-0.4, -0.2) is 28.8 Å². The molecule has 32 heavy (non-hydrogen) atoms. The molecule has 0 aliphatic heterocycles. The van der Waals surface area contributed by atoms with Crippen LogP contribution in [0.1, 0.15) is 26.3 Å². The van der Waals surface area contributed by atoms with Gasteiger partial charge in [-0.3, -0.25) is 4.79 Å². The largest absolute Gasteiger partial charge is 0.497 e. The number of amides is 1. The fourth-order valence-corrected chi connectivity index (χ4v) is 3.26. The average Bonchev–Trinajstić information content (AvgIpc) is 3.29. The molecule has 1 heterocycles. The summed E-state index contributed by atoms with van der Waals surface area (Å²) in [6.07, 6.45) is 1.65. The highest BCUT2D eigenvalue weighted by Crippen LogP contribution is 2.27. The van der Waals surface area contributed by atoms with Crippen LogP contribution in [0, 0.1) is 0 Å². The van der Waals surface area contributed by atoms with Gasteiger partial charge in [0.2, 0.25) is 5.91 Å².